The molecule has 5 N–H and O–H groups in total. The first-order chi connectivity index (χ1) is 13.6. The maximum atomic E-state index is 9.36. The first-order valence-electron chi connectivity index (χ1n) is 9.42. The van der Waals surface area contributed by atoms with Crippen LogP contribution in [0.1, 0.15) is 57.8 Å². The monoisotopic (exact) mass is 416 g/mol. The third kappa shape index (κ3) is 25.5. The number of carboxylic acid groups (broad SMARTS) is 3. The Morgan fingerprint density at radius 1 is 0.621 bits per heavy atom. The Morgan fingerprint density at radius 3 is 1.00 bits per heavy atom. The van der Waals surface area contributed by atoms with E-state index < -0.39 is 17.9 Å². The van der Waals surface area contributed by atoms with Gasteiger partial charge in [-0.2, -0.15) is 0 Å². The Hall–Kier alpha value is -2.45. The molecule has 1 aliphatic rings. The molecule has 0 radical (unpaired) electrons. The predicted molar refractivity (Wildman–Crippen MR) is 112 cm³/mol. The molecule has 0 aromatic rings. The number of hydrogen-bond donors (Lipinski definition) is 5. The first kappa shape index (κ1) is 31.3. The van der Waals surface area contributed by atoms with Crippen LogP contribution in [-0.4, -0.2) is 56.7 Å². The second-order valence-corrected chi connectivity index (χ2v) is 6.42. The molecule has 0 heterocycles. The zero-order chi connectivity index (χ0) is 23.1. The van der Waals surface area contributed by atoms with E-state index in [1.54, 1.807) is 0 Å². The molecule has 29 heavy (non-hydrogen) atoms. The van der Waals surface area contributed by atoms with Crippen molar-refractivity contribution in [2.45, 2.75) is 57.8 Å². The second-order valence-electron chi connectivity index (χ2n) is 6.42. The zero-order valence-corrected chi connectivity index (χ0v) is 17.1. The van der Waals surface area contributed by atoms with Gasteiger partial charge in [-0.1, -0.05) is 64.7 Å². The summed E-state index contributed by atoms with van der Waals surface area (Å²) >= 11 is 0. The number of carboxylic acids is 3. The van der Waals surface area contributed by atoms with Gasteiger partial charge in [-0.15, -0.1) is 0 Å². The molecule has 0 aromatic heterocycles. The van der Waals surface area contributed by atoms with Gasteiger partial charge in [-0.25, -0.2) is 14.4 Å². The summed E-state index contributed by atoms with van der Waals surface area (Å²) in [6.07, 6.45) is 13.4. The molecule has 8 nitrogen and oxygen atoms in total. The van der Waals surface area contributed by atoms with Gasteiger partial charge in [0, 0.05) is 23.6 Å². The Balaban J connectivity index is -0.000000373. The third-order valence-corrected chi connectivity index (χ3v) is 4.11. The van der Waals surface area contributed by atoms with Gasteiger partial charge in [0.1, 0.15) is 0 Å². The standard InChI is InChI=1S/C12H24O2.3C3H4O2/c13-10-12(11-14)8-6-4-2-1-3-5-7-9-12;3*1-2-3(4)5/h13-14H,1-11H2;3*2H,1H2,(H,4,5). The molecule has 0 spiro atoms. The maximum absolute atomic E-state index is 9.36. The van der Waals surface area contributed by atoms with E-state index in [9.17, 15) is 24.6 Å². The van der Waals surface area contributed by atoms with Crippen LogP contribution in [0, 0.1) is 5.41 Å². The normalized spacial score (nSPS) is 15.1. The van der Waals surface area contributed by atoms with E-state index in [4.69, 9.17) is 15.3 Å². The van der Waals surface area contributed by atoms with Crippen LogP contribution in [0.3, 0.4) is 0 Å². The third-order valence-electron chi connectivity index (χ3n) is 4.11. The fraction of sp³-hybridized carbons (Fsp3) is 0.571. The van der Waals surface area contributed by atoms with Crippen LogP contribution in [0.2, 0.25) is 0 Å². The van der Waals surface area contributed by atoms with Crippen molar-refractivity contribution in [3.8, 4) is 0 Å². The minimum atomic E-state index is -0.981. The van der Waals surface area contributed by atoms with E-state index in [2.05, 4.69) is 19.7 Å². The molecule has 0 aromatic carbocycles. The van der Waals surface area contributed by atoms with Crippen molar-refractivity contribution in [3.05, 3.63) is 38.0 Å². The van der Waals surface area contributed by atoms with E-state index in [-0.39, 0.29) is 18.6 Å². The number of hydrogen-bond acceptors (Lipinski definition) is 5. The van der Waals surface area contributed by atoms with Crippen molar-refractivity contribution in [1.82, 2.24) is 0 Å². The fourth-order valence-electron chi connectivity index (χ4n) is 2.38. The molecule has 1 rings (SSSR count). The molecule has 1 fully saturated rings. The van der Waals surface area contributed by atoms with Gasteiger partial charge >= 0.3 is 17.9 Å². The molecule has 0 unspecified atom stereocenters. The lowest BCUT2D eigenvalue weighted by atomic mass is 9.78. The molecule has 168 valence electrons. The number of aliphatic hydroxyl groups is 2. The molecule has 0 aliphatic heterocycles. The van der Waals surface area contributed by atoms with Crippen molar-refractivity contribution in [2.24, 2.45) is 5.41 Å². The van der Waals surface area contributed by atoms with Crippen LogP contribution in [-0.2, 0) is 14.4 Å². The molecular formula is C21H36O8. The molecular weight excluding hydrogens is 380 g/mol. The molecule has 0 saturated heterocycles. The van der Waals surface area contributed by atoms with Crippen molar-refractivity contribution in [3.63, 3.8) is 0 Å². The van der Waals surface area contributed by atoms with Gasteiger partial charge in [-0.3, -0.25) is 0 Å². The van der Waals surface area contributed by atoms with Gasteiger partial charge in [0.05, 0.1) is 13.2 Å². The minimum absolute atomic E-state index is 0.156. The van der Waals surface area contributed by atoms with Gasteiger partial charge in [-0.05, 0) is 12.8 Å². The summed E-state index contributed by atoms with van der Waals surface area (Å²) in [5, 5.41) is 41.5. The Labute approximate surface area is 172 Å². The predicted octanol–water partition coefficient (Wildman–Crippen LogP) is 3.25. The van der Waals surface area contributed by atoms with E-state index >= 15 is 0 Å². The summed E-state index contributed by atoms with van der Waals surface area (Å²) < 4.78 is 0. The topological polar surface area (TPSA) is 152 Å². The lowest BCUT2D eigenvalue weighted by Crippen LogP contribution is -2.30. The van der Waals surface area contributed by atoms with Gasteiger partial charge in [0.2, 0.25) is 0 Å². The molecule has 1 saturated carbocycles. The lowest BCUT2D eigenvalue weighted by molar-refractivity contribution is -0.132. The Kier molecular flexibility index (Phi) is 23.5. The smallest absolute Gasteiger partial charge is 0.327 e. The highest BCUT2D eigenvalue weighted by molar-refractivity contribution is 5.79. The van der Waals surface area contributed by atoms with Crippen LogP contribution >= 0.6 is 0 Å². The number of aliphatic hydroxyl groups excluding tert-OH is 2. The van der Waals surface area contributed by atoms with Crippen LogP contribution in [0.5, 0.6) is 0 Å². The summed E-state index contributed by atoms with van der Waals surface area (Å²) in [6.45, 7) is 9.19. The summed E-state index contributed by atoms with van der Waals surface area (Å²) in [5.74, 6) is -2.94. The molecule has 0 bridgehead atoms. The first-order valence-corrected chi connectivity index (χ1v) is 9.42. The lowest BCUT2D eigenvalue weighted by Gasteiger charge is -2.30. The minimum Gasteiger partial charge on any atom is -0.478 e. The van der Waals surface area contributed by atoms with Crippen LogP contribution in [0.25, 0.3) is 0 Å². The molecule has 8 heteroatoms. The largest absolute Gasteiger partial charge is 0.478 e. The van der Waals surface area contributed by atoms with Crippen molar-refractivity contribution in [2.75, 3.05) is 13.2 Å². The van der Waals surface area contributed by atoms with Crippen molar-refractivity contribution < 1.29 is 39.9 Å². The maximum Gasteiger partial charge on any atom is 0.327 e. The fourth-order valence-corrected chi connectivity index (χ4v) is 2.38. The number of rotatable bonds is 5. The van der Waals surface area contributed by atoms with Crippen LogP contribution in [0.4, 0.5) is 0 Å². The summed E-state index contributed by atoms with van der Waals surface area (Å²) in [5.41, 5.74) is -0.169. The number of aliphatic carboxylic acids is 3. The highest BCUT2D eigenvalue weighted by Gasteiger charge is 2.27. The summed E-state index contributed by atoms with van der Waals surface area (Å²) in [6, 6.07) is 0. The molecule has 0 atom stereocenters. The van der Waals surface area contributed by atoms with Gasteiger partial charge < -0.3 is 25.5 Å². The summed E-state index contributed by atoms with van der Waals surface area (Å²) in [4.78, 5) is 27.8. The Bertz CT molecular complexity index is 426. The zero-order valence-electron chi connectivity index (χ0n) is 17.1. The SMILES string of the molecule is C=CC(=O)O.C=CC(=O)O.C=CC(=O)O.OCC1(CO)CCCCCCCCC1. The highest BCUT2D eigenvalue weighted by atomic mass is 16.4. The second kappa shape index (κ2) is 21.8. The van der Waals surface area contributed by atoms with Crippen molar-refractivity contribution in [1.29, 1.82) is 0 Å². The van der Waals surface area contributed by atoms with Crippen molar-refractivity contribution >= 4 is 17.9 Å². The van der Waals surface area contributed by atoms with E-state index in [0.717, 1.165) is 31.1 Å². The van der Waals surface area contributed by atoms with E-state index in [1.165, 1.54) is 44.9 Å². The number of carbonyl (C=O) groups is 3. The van der Waals surface area contributed by atoms with E-state index in [1.807, 2.05) is 0 Å². The molecule has 0 amide bonds. The quantitative estimate of drug-likeness (QED) is 0.428. The van der Waals surface area contributed by atoms with Crippen LogP contribution < -0.4 is 0 Å². The average molecular weight is 417 g/mol. The van der Waals surface area contributed by atoms with Crippen LogP contribution in [0.15, 0.2) is 38.0 Å². The van der Waals surface area contributed by atoms with Gasteiger partial charge in [0.25, 0.3) is 0 Å². The summed E-state index contributed by atoms with van der Waals surface area (Å²) in [7, 11) is 0. The highest BCUT2D eigenvalue weighted by Crippen LogP contribution is 2.32. The average Bonchev–Trinajstić information content (AvgIpc) is 2.73. The van der Waals surface area contributed by atoms with Gasteiger partial charge in [0.15, 0.2) is 0 Å². The molecule has 1 aliphatic carbocycles. The van der Waals surface area contributed by atoms with E-state index in [0.29, 0.717) is 0 Å². The Morgan fingerprint density at radius 2 is 0.828 bits per heavy atom.